The van der Waals surface area contributed by atoms with E-state index >= 15 is 0 Å². The molecule has 0 aliphatic carbocycles. The van der Waals surface area contributed by atoms with Crippen LogP contribution in [0.3, 0.4) is 0 Å². The first-order valence-corrected chi connectivity index (χ1v) is 5.65. The van der Waals surface area contributed by atoms with Crippen LogP contribution in [0.15, 0.2) is 10.5 Å². The SMILES string of the molecule is CCOC(=O)c1cc(C)c(Br)c(F)c1NC. The number of hydrogen-bond acceptors (Lipinski definition) is 3. The van der Waals surface area contributed by atoms with E-state index in [4.69, 9.17) is 4.74 Å². The molecule has 1 rings (SSSR count). The Morgan fingerprint density at radius 3 is 2.75 bits per heavy atom. The van der Waals surface area contributed by atoms with Crippen molar-refractivity contribution in [1.29, 1.82) is 0 Å². The third-order valence-corrected chi connectivity index (χ3v) is 3.11. The van der Waals surface area contributed by atoms with Gasteiger partial charge in [-0.3, -0.25) is 0 Å². The van der Waals surface area contributed by atoms with Crippen LogP contribution in [0.25, 0.3) is 0 Å². The summed E-state index contributed by atoms with van der Waals surface area (Å²) in [4.78, 5) is 11.6. The van der Waals surface area contributed by atoms with Crippen LogP contribution >= 0.6 is 15.9 Å². The predicted molar refractivity (Wildman–Crippen MR) is 64.3 cm³/mol. The lowest BCUT2D eigenvalue weighted by atomic mass is 10.1. The van der Waals surface area contributed by atoms with Crippen molar-refractivity contribution in [3.8, 4) is 0 Å². The van der Waals surface area contributed by atoms with Gasteiger partial charge in [0.1, 0.15) is 0 Å². The Hall–Kier alpha value is -1.10. The Bertz CT molecular complexity index is 421. The van der Waals surface area contributed by atoms with Crippen LogP contribution in [0, 0.1) is 12.7 Å². The zero-order valence-corrected chi connectivity index (χ0v) is 10.9. The van der Waals surface area contributed by atoms with Crippen molar-refractivity contribution in [2.75, 3.05) is 19.0 Å². The molecule has 0 radical (unpaired) electrons. The number of nitrogens with one attached hydrogen (secondary N) is 1. The number of anilines is 1. The fraction of sp³-hybridized carbons (Fsp3) is 0.364. The predicted octanol–water partition coefficient (Wildman–Crippen LogP) is 3.12. The lowest BCUT2D eigenvalue weighted by Gasteiger charge is -2.12. The van der Waals surface area contributed by atoms with Gasteiger partial charge in [0.05, 0.1) is 22.3 Å². The smallest absolute Gasteiger partial charge is 0.340 e. The molecule has 0 saturated carbocycles. The monoisotopic (exact) mass is 289 g/mol. The fourth-order valence-electron chi connectivity index (χ4n) is 1.37. The van der Waals surface area contributed by atoms with Crippen molar-refractivity contribution in [2.24, 2.45) is 0 Å². The topological polar surface area (TPSA) is 38.3 Å². The summed E-state index contributed by atoms with van der Waals surface area (Å²) < 4.78 is 19.0. The minimum Gasteiger partial charge on any atom is -0.462 e. The number of carbonyl (C=O) groups is 1. The van der Waals surface area contributed by atoms with Crippen LogP contribution < -0.4 is 5.32 Å². The van der Waals surface area contributed by atoms with E-state index in [2.05, 4.69) is 21.2 Å². The van der Waals surface area contributed by atoms with Crippen molar-refractivity contribution in [3.63, 3.8) is 0 Å². The minimum absolute atomic E-state index is 0.149. The van der Waals surface area contributed by atoms with Crippen LogP contribution in [0.2, 0.25) is 0 Å². The molecular weight excluding hydrogens is 277 g/mol. The summed E-state index contributed by atoms with van der Waals surface area (Å²) in [6, 6.07) is 1.59. The molecule has 1 N–H and O–H groups in total. The minimum atomic E-state index is -0.527. The lowest BCUT2D eigenvalue weighted by molar-refractivity contribution is 0.0527. The number of hydrogen-bond donors (Lipinski definition) is 1. The Balaban J connectivity index is 3.33. The molecule has 3 nitrogen and oxygen atoms in total. The highest BCUT2D eigenvalue weighted by molar-refractivity contribution is 9.10. The Morgan fingerprint density at radius 2 is 2.25 bits per heavy atom. The molecule has 0 unspecified atom stereocenters. The number of ether oxygens (including phenoxy) is 1. The number of benzene rings is 1. The zero-order valence-electron chi connectivity index (χ0n) is 9.36. The van der Waals surface area contributed by atoms with Gasteiger partial charge >= 0.3 is 5.97 Å². The first kappa shape index (κ1) is 13.0. The molecule has 1 aromatic carbocycles. The molecule has 0 aliphatic rings. The molecule has 0 aromatic heterocycles. The van der Waals surface area contributed by atoms with Gasteiger partial charge in [-0.25, -0.2) is 9.18 Å². The van der Waals surface area contributed by atoms with Crippen molar-refractivity contribution in [1.82, 2.24) is 0 Å². The maximum absolute atomic E-state index is 13.8. The molecule has 1 aromatic rings. The maximum atomic E-state index is 13.8. The highest BCUT2D eigenvalue weighted by Crippen LogP contribution is 2.30. The standard InChI is InChI=1S/C11H13BrFNO2/c1-4-16-11(15)7-5-6(2)8(12)9(13)10(7)14-3/h5,14H,4H2,1-3H3. The van der Waals surface area contributed by atoms with E-state index < -0.39 is 11.8 Å². The maximum Gasteiger partial charge on any atom is 0.340 e. The van der Waals surface area contributed by atoms with Gasteiger partial charge < -0.3 is 10.1 Å². The molecular formula is C11H13BrFNO2. The van der Waals surface area contributed by atoms with E-state index in [9.17, 15) is 9.18 Å². The first-order chi connectivity index (χ1) is 7.52. The zero-order chi connectivity index (χ0) is 12.3. The molecule has 16 heavy (non-hydrogen) atoms. The van der Waals surface area contributed by atoms with Crippen molar-refractivity contribution >= 4 is 27.6 Å². The van der Waals surface area contributed by atoms with Gasteiger partial charge in [-0.15, -0.1) is 0 Å². The van der Waals surface area contributed by atoms with Gasteiger partial charge in [0.25, 0.3) is 0 Å². The van der Waals surface area contributed by atoms with Gasteiger partial charge in [0.15, 0.2) is 5.82 Å². The molecule has 0 amide bonds. The third-order valence-electron chi connectivity index (χ3n) is 2.13. The molecule has 0 bridgehead atoms. The Labute approximate surface area is 102 Å². The van der Waals surface area contributed by atoms with Crippen LogP contribution in [-0.2, 0) is 4.74 Å². The molecule has 0 saturated heterocycles. The average molecular weight is 290 g/mol. The van der Waals surface area contributed by atoms with Crippen LogP contribution in [-0.4, -0.2) is 19.6 Å². The number of carbonyl (C=O) groups excluding carboxylic acids is 1. The molecule has 0 fully saturated rings. The summed E-state index contributed by atoms with van der Waals surface area (Å²) in [7, 11) is 1.56. The molecule has 0 atom stereocenters. The summed E-state index contributed by atoms with van der Waals surface area (Å²) >= 11 is 3.13. The summed E-state index contributed by atoms with van der Waals surface area (Å²) in [6.45, 7) is 3.69. The number of esters is 1. The van der Waals surface area contributed by atoms with Crippen LogP contribution in [0.4, 0.5) is 10.1 Å². The van der Waals surface area contributed by atoms with Crippen molar-refractivity contribution in [2.45, 2.75) is 13.8 Å². The number of rotatable bonds is 3. The summed E-state index contributed by atoms with van der Waals surface area (Å²) in [5.74, 6) is -1.01. The Morgan fingerprint density at radius 1 is 1.62 bits per heavy atom. The van der Waals surface area contributed by atoms with Crippen LogP contribution in [0.5, 0.6) is 0 Å². The largest absolute Gasteiger partial charge is 0.462 e. The molecule has 0 aliphatic heterocycles. The summed E-state index contributed by atoms with van der Waals surface area (Å²) in [6.07, 6.45) is 0. The normalized spacial score (nSPS) is 10.1. The van der Waals surface area contributed by atoms with Gasteiger partial charge in [-0.05, 0) is 41.4 Å². The van der Waals surface area contributed by atoms with E-state index in [-0.39, 0.29) is 17.9 Å². The third kappa shape index (κ3) is 2.35. The average Bonchev–Trinajstić information content (AvgIpc) is 2.26. The molecule has 0 spiro atoms. The van der Waals surface area contributed by atoms with Gasteiger partial charge in [-0.2, -0.15) is 0 Å². The second-order valence-electron chi connectivity index (χ2n) is 3.21. The van der Waals surface area contributed by atoms with E-state index in [0.29, 0.717) is 10.0 Å². The Kier molecular flexibility index (Phi) is 4.29. The van der Waals surface area contributed by atoms with Gasteiger partial charge in [0, 0.05) is 7.05 Å². The summed E-state index contributed by atoms with van der Waals surface area (Å²) in [5.41, 5.74) is 1.01. The van der Waals surface area contributed by atoms with Gasteiger partial charge in [0.2, 0.25) is 0 Å². The number of aryl methyl sites for hydroxylation is 1. The van der Waals surface area contributed by atoms with Gasteiger partial charge in [-0.1, -0.05) is 0 Å². The van der Waals surface area contributed by atoms with E-state index in [1.54, 1.807) is 27.0 Å². The number of halogens is 2. The lowest BCUT2D eigenvalue weighted by Crippen LogP contribution is -2.10. The highest BCUT2D eigenvalue weighted by Gasteiger charge is 2.19. The molecule has 88 valence electrons. The van der Waals surface area contributed by atoms with Crippen molar-refractivity contribution < 1.29 is 13.9 Å². The highest BCUT2D eigenvalue weighted by atomic mass is 79.9. The fourth-order valence-corrected chi connectivity index (χ4v) is 1.68. The summed E-state index contributed by atoms with van der Waals surface area (Å²) in [5, 5.41) is 2.67. The van der Waals surface area contributed by atoms with E-state index in [0.717, 1.165) is 0 Å². The quantitative estimate of drug-likeness (QED) is 0.869. The van der Waals surface area contributed by atoms with E-state index in [1.165, 1.54) is 0 Å². The molecule has 0 heterocycles. The molecule has 5 heteroatoms. The van der Waals surface area contributed by atoms with Crippen LogP contribution in [0.1, 0.15) is 22.8 Å². The second kappa shape index (κ2) is 5.30. The van der Waals surface area contributed by atoms with Crippen molar-refractivity contribution in [3.05, 3.63) is 27.5 Å². The first-order valence-electron chi connectivity index (χ1n) is 4.86. The van der Waals surface area contributed by atoms with E-state index in [1.807, 2.05) is 0 Å². The second-order valence-corrected chi connectivity index (χ2v) is 4.01.